The Hall–Kier alpha value is -1.46. The molecule has 0 spiro atoms. The molecule has 0 heterocycles. The van der Waals surface area contributed by atoms with E-state index >= 15 is 0 Å². The molecule has 0 rings (SSSR count). The van der Waals surface area contributed by atoms with Crippen LogP contribution in [0.25, 0.3) is 0 Å². The molecule has 2 N–H and O–H groups in total. The van der Waals surface area contributed by atoms with Crippen LogP contribution in [0.1, 0.15) is 55.4 Å². The first-order valence-electron chi connectivity index (χ1n) is 7.26. The fraction of sp³-hybridized carbons (Fsp3) is 0.867. The van der Waals surface area contributed by atoms with Crippen molar-refractivity contribution in [2.24, 2.45) is 5.92 Å². The first kappa shape index (κ1) is 19.5. The summed E-state index contributed by atoms with van der Waals surface area (Å²) in [6, 6.07) is -0.229. The summed E-state index contributed by atoms with van der Waals surface area (Å²) in [5.74, 6) is 0.146. The maximum Gasteiger partial charge on any atom is 0.407 e. The van der Waals surface area contributed by atoms with Crippen molar-refractivity contribution < 1.29 is 19.1 Å². The van der Waals surface area contributed by atoms with Gasteiger partial charge in [-0.05, 0) is 47.5 Å². The SMILES string of the molecule is CC(C)[C@@H](CNC(=O)OC(C)(C)C)NC(=O)OC(C)(C)C. The molecular weight excluding hydrogens is 272 g/mol. The van der Waals surface area contributed by atoms with Crippen molar-refractivity contribution in [1.82, 2.24) is 10.6 Å². The molecule has 1 atom stereocenters. The third-order valence-electron chi connectivity index (χ3n) is 2.37. The van der Waals surface area contributed by atoms with Gasteiger partial charge in [-0.2, -0.15) is 0 Å². The van der Waals surface area contributed by atoms with Crippen LogP contribution in [0.3, 0.4) is 0 Å². The van der Waals surface area contributed by atoms with Gasteiger partial charge in [0.1, 0.15) is 11.2 Å². The van der Waals surface area contributed by atoms with Crippen LogP contribution < -0.4 is 10.6 Å². The summed E-state index contributed by atoms with van der Waals surface area (Å²) in [5, 5.41) is 5.42. The number of hydrogen-bond donors (Lipinski definition) is 2. The van der Waals surface area contributed by atoms with E-state index in [0.717, 1.165) is 0 Å². The Morgan fingerprint density at radius 2 is 1.33 bits per heavy atom. The highest BCUT2D eigenvalue weighted by atomic mass is 16.6. The summed E-state index contributed by atoms with van der Waals surface area (Å²) in [7, 11) is 0. The van der Waals surface area contributed by atoms with Gasteiger partial charge >= 0.3 is 12.2 Å². The van der Waals surface area contributed by atoms with Crippen LogP contribution in [0.15, 0.2) is 0 Å². The van der Waals surface area contributed by atoms with Gasteiger partial charge in [0.05, 0.1) is 6.04 Å². The summed E-state index contributed by atoms with van der Waals surface area (Å²) >= 11 is 0. The molecule has 0 aromatic heterocycles. The Kier molecular flexibility index (Phi) is 7.00. The van der Waals surface area contributed by atoms with E-state index in [9.17, 15) is 9.59 Å². The number of rotatable bonds is 4. The molecule has 6 heteroatoms. The Labute approximate surface area is 127 Å². The second-order valence-electron chi connectivity index (χ2n) is 7.38. The van der Waals surface area contributed by atoms with E-state index in [0.29, 0.717) is 0 Å². The van der Waals surface area contributed by atoms with Gasteiger partial charge < -0.3 is 20.1 Å². The second kappa shape index (κ2) is 7.52. The number of nitrogens with one attached hydrogen (secondary N) is 2. The van der Waals surface area contributed by atoms with Crippen molar-refractivity contribution in [1.29, 1.82) is 0 Å². The highest BCUT2D eigenvalue weighted by molar-refractivity contribution is 5.69. The molecule has 0 fully saturated rings. The molecule has 2 amide bonds. The summed E-state index contributed by atoms with van der Waals surface area (Å²) in [4.78, 5) is 23.4. The molecule has 6 nitrogen and oxygen atoms in total. The lowest BCUT2D eigenvalue weighted by Crippen LogP contribution is -2.48. The predicted molar refractivity (Wildman–Crippen MR) is 82.2 cm³/mol. The molecule has 0 aromatic carbocycles. The van der Waals surface area contributed by atoms with E-state index in [1.54, 1.807) is 41.5 Å². The van der Waals surface area contributed by atoms with Crippen LogP contribution >= 0.6 is 0 Å². The normalized spacial score (nSPS) is 13.6. The zero-order valence-corrected chi connectivity index (χ0v) is 14.5. The van der Waals surface area contributed by atoms with Crippen molar-refractivity contribution in [3.05, 3.63) is 0 Å². The first-order valence-corrected chi connectivity index (χ1v) is 7.26. The molecule has 0 aromatic rings. The van der Waals surface area contributed by atoms with Crippen molar-refractivity contribution in [3.8, 4) is 0 Å². The highest BCUT2D eigenvalue weighted by Gasteiger charge is 2.23. The van der Waals surface area contributed by atoms with Crippen LogP contribution in [-0.4, -0.2) is 36.0 Å². The van der Waals surface area contributed by atoms with Gasteiger partial charge in [-0.1, -0.05) is 13.8 Å². The maximum absolute atomic E-state index is 11.8. The Morgan fingerprint density at radius 3 is 1.71 bits per heavy atom. The minimum absolute atomic E-state index is 0.146. The highest BCUT2D eigenvalue weighted by Crippen LogP contribution is 2.09. The topological polar surface area (TPSA) is 76.7 Å². The molecule has 0 aliphatic rings. The Balaban J connectivity index is 4.39. The molecular formula is C15H30N2O4. The average Bonchev–Trinajstić information content (AvgIpc) is 2.18. The lowest BCUT2D eigenvalue weighted by atomic mass is 10.0. The second-order valence-corrected chi connectivity index (χ2v) is 7.38. The number of hydrogen-bond acceptors (Lipinski definition) is 4. The van der Waals surface area contributed by atoms with E-state index in [1.807, 2.05) is 13.8 Å². The van der Waals surface area contributed by atoms with Gasteiger partial charge in [0.15, 0.2) is 0 Å². The largest absolute Gasteiger partial charge is 0.444 e. The van der Waals surface area contributed by atoms with Crippen LogP contribution in [0.5, 0.6) is 0 Å². The van der Waals surface area contributed by atoms with E-state index in [2.05, 4.69) is 10.6 Å². The fourth-order valence-electron chi connectivity index (χ4n) is 1.42. The average molecular weight is 302 g/mol. The molecule has 124 valence electrons. The van der Waals surface area contributed by atoms with E-state index in [-0.39, 0.29) is 18.5 Å². The molecule has 21 heavy (non-hydrogen) atoms. The van der Waals surface area contributed by atoms with E-state index in [1.165, 1.54) is 0 Å². The van der Waals surface area contributed by atoms with Crippen molar-refractivity contribution in [3.63, 3.8) is 0 Å². The van der Waals surface area contributed by atoms with Crippen LogP contribution in [0, 0.1) is 5.92 Å². The van der Waals surface area contributed by atoms with Gasteiger partial charge in [0, 0.05) is 6.54 Å². The molecule has 0 radical (unpaired) electrons. The number of amides is 2. The third kappa shape index (κ3) is 10.9. The van der Waals surface area contributed by atoms with Crippen LogP contribution in [0.4, 0.5) is 9.59 Å². The number of alkyl carbamates (subject to hydrolysis) is 2. The first-order chi connectivity index (χ1) is 9.30. The summed E-state index contributed by atoms with van der Waals surface area (Å²) in [6.45, 7) is 15.0. The number of carbonyl (C=O) groups excluding carboxylic acids is 2. The zero-order chi connectivity index (χ0) is 16.8. The Bertz CT molecular complexity index is 354. The minimum Gasteiger partial charge on any atom is -0.444 e. The molecule has 0 saturated carbocycles. The summed E-state index contributed by atoms with van der Waals surface area (Å²) in [5.41, 5.74) is -1.10. The Morgan fingerprint density at radius 1 is 0.905 bits per heavy atom. The van der Waals surface area contributed by atoms with Gasteiger partial charge in [-0.15, -0.1) is 0 Å². The lowest BCUT2D eigenvalue weighted by molar-refractivity contribution is 0.0449. The quantitative estimate of drug-likeness (QED) is 0.836. The van der Waals surface area contributed by atoms with Gasteiger partial charge in [-0.3, -0.25) is 0 Å². The van der Waals surface area contributed by atoms with Crippen LogP contribution in [0.2, 0.25) is 0 Å². The van der Waals surface area contributed by atoms with E-state index < -0.39 is 23.4 Å². The summed E-state index contributed by atoms with van der Waals surface area (Å²) < 4.78 is 10.4. The predicted octanol–water partition coefficient (Wildman–Crippen LogP) is 3.06. The smallest absolute Gasteiger partial charge is 0.407 e. The monoisotopic (exact) mass is 302 g/mol. The van der Waals surface area contributed by atoms with Crippen LogP contribution in [-0.2, 0) is 9.47 Å². The molecule has 0 unspecified atom stereocenters. The summed E-state index contributed by atoms with van der Waals surface area (Å²) in [6.07, 6.45) is -0.994. The van der Waals surface area contributed by atoms with Crippen molar-refractivity contribution >= 4 is 12.2 Å². The van der Waals surface area contributed by atoms with Crippen molar-refractivity contribution in [2.75, 3.05) is 6.54 Å². The number of ether oxygens (including phenoxy) is 2. The third-order valence-corrected chi connectivity index (χ3v) is 2.37. The maximum atomic E-state index is 11.8. The fourth-order valence-corrected chi connectivity index (χ4v) is 1.42. The van der Waals surface area contributed by atoms with E-state index in [4.69, 9.17) is 9.47 Å². The lowest BCUT2D eigenvalue weighted by Gasteiger charge is -2.26. The van der Waals surface area contributed by atoms with Gasteiger partial charge in [0.25, 0.3) is 0 Å². The number of carbonyl (C=O) groups is 2. The minimum atomic E-state index is -0.551. The standard InChI is InChI=1S/C15H30N2O4/c1-10(2)11(17-13(19)21-15(6,7)8)9-16-12(18)20-14(3,4)5/h10-11H,9H2,1-8H3,(H,16,18)(H,17,19)/t11-/m1/s1. The van der Waals surface area contributed by atoms with Crippen molar-refractivity contribution in [2.45, 2.75) is 72.6 Å². The van der Waals surface area contributed by atoms with Gasteiger partial charge in [0.2, 0.25) is 0 Å². The molecule has 0 bridgehead atoms. The van der Waals surface area contributed by atoms with Gasteiger partial charge in [-0.25, -0.2) is 9.59 Å². The molecule has 0 aliphatic heterocycles. The zero-order valence-electron chi connectivity index (χ0n) is 14.5. The molecule has 0 aliphatic carbocycles. The molecule has 0 saturated heterocycles.